The number of fused-ring (bicyclic) bond motifs is 1. The van der Waals surface area contributed by atoms with Crippen molar-refractivity contribution in [1.82, 2.24) is 3.97 Å². The third kappa shape index (κ3) is 2.65. The van der Waals surface area contributed by atoms with Crippen molar-refractivity contribution in [3.63, 3.8) is 0 Å². The summed E-state index contributed by atoms with van der Waals surface area (Å²) >= 11 is -2.46. The summed E-state index contributed by atoms with van der Waals surface area (Å²) in [6.45, 7) is 0. The molecule has 0 aliphatic carbocycles. The Morgan fingerprint density at radius 3 is 2.39 bits per heavy atom. The molecule has 0 bridgehead atoms. The van der Waals surface area contributed by atoms with E-state index in [0.717, 1.165) is 3.97 Å². The standard InChI is InChI=1S/C15H13NO5S2/c1-21-12-8-7-11-9-15(22(17)18)16(14(11)10-12)23(19,20)13-5-3-2-4-6-13/h2-10H,1H3,(H,17,18). The lowest BCUT2D eigenvalue weighted by Gasteiger charge is -2.10. The predicted octanol–water partition coefficient (Wildman–Crippen LogP) is 2.47. The van der Waals surface area contributed by atoms with Gasteiger partial charge in [0.15, 0.2) is 0 Å². The summed E-state index contributed by atoms with van der Waals surface area (Å²) in [4.78, 5) is 0.0343. The number of hydrogen-bond acceptors (Lipinski definition) is 4. The molecule has 1 N–H and O–H groups in total. The zero-order valence-corrected chi connectivity index (χ0v) is 13.7. The second-order valence-corrected chi connectivity index (χ2v) is 7.44. The van der Waals surface area contributed by atoms with Gasteiger partial charge in [0.25, 0.3) is 10.0 Å². The first kappa shape index (κ1) is 15.7. The van der Waals surface area contributed by atoms with Gasteiger partial charge in [0.05, 0.1) is 17.5 Å². The van der Waals surface area contributed by atoms with E-state index in [4.69, 9.17) is 4.74 Å². The van der Waals surface area contributed by atoms with Gasteiger partial charge in [-0.25, -0.2) is 16.6 Å². The highest BCUT2D eigenvalue weighted by Crippen LogP contribution is 2.30. The van der Waals surface area contributed by atoms with Gasteiger partial charge in [0.2, 0.25) is 11.1 Å². The van der Waals surface area contributed by atoms with Crippen LogP contribution in [0.3, 0.4) is 0 Å². The van der Waals surface area contributed by atoms with Crippen molar-refractivity contribution >= 4 is 32.0 Å². The number of benzene rings is 2. The van der Waals surface area contributed by atoms with Crippen molar-refractivity contribution < 1.29 is 21.9 Å². The Kier molecular flexibility index (Phi) is 3.97. The SMILES string of the molecule is COc1ccc2cc(S(=O)O)n(S(=O)(=O)c3ccccc3)c2c1. The molecule has 0 radical (unpaired) electrons. The Hall–Kier alpha value is -2.16. The highest BCUT2D eigenvalue weighted by Gasteiger charge is 2.25. The van der Waals surface area contributed by atoms with E-state index < -0.39 is 21.1 Å². The van der Waals surface area contributed by atoms with E-state index in [1.54, 1.807) is 30.3 Å². The van der Waals surface area contributed by atoms with Crippen LogP contribution in [0.5, 0.6) is 5.75 Å². The molecule has 23 heavy (non-hydrogen) atoms. The quantitative estimate of drug-likeness (QED) is 0.730. The van der Waals surface area contributed by atoms with Crippen LogP contribution in [0.4, 0.5) is 0 Å². The summed E-state index contributed by atoms with van der Waals surface area (Å²) in [7, 11) is -2.55. The van der Waals surface area contributed by atoms with Crippen LogP contribution in [-0.4, -0.2) is 28.3 Å². The summed E-state index contributed by atoms with van der Waals surface area (Å²) in [5.74, 6) is 0.454. The molecule has 2 aromatic carbocycles. The average Bonchev–Trinajstić information content (AvgIpc) is 2.95. The Balaban J connectivity index is 2.39. The molecule has 1 aromatic heterocycles. The van der Waals surface area contributed by atoms with Crippen molar-refractivity contribution in [3.05, 3.63) is 54.6 Å². The zero-order chi connectivity index (χ0) is 16.6. The van der Waals surface area contributed by atoms with Crippen LogP contribution in [0.15, 0.2) is 64.5 Å². The number of nitrogens with zero attached hydrogens (tertiary/aromatic N) is 1. The molecule has 0 saturated carbocycles. The number of aromatic nitrogens is 1. The van der Waals surface area contributed by atoms with Gasteiger partial charge in [0.1, 0.15) is 10.8 Å². The summed E-state index contributed by atoms with van der Waals surface area (Å²) in [6, 6.07) is 14.0. The average molecular weight is 351 g/mol. The van der Waals surface area contributed by atoms with E-state index in [0.29, 0.717) is 11.1 Å². The first-order valence-electron chi connectivity index (χ1n) is 6.56. The molecule has 6 nitrogen and oxygen atoms in total. The molecule has 0 fully saturated rings. The van der Waals surface area contributed by atoms with Gasteiger partial charge in [-0.1, -0.05) is 18.2 Å². The first-order valence-corrected chi connectivity index (χ1v) is 9.11. The highest BCUT2D eigenvalue weighted by molar-refractivity contribution is 7.90. The summed E-state index contributed by atoms with van der Waals surface area (Å²) in [5.41, 5.74) is 0.283. The third-order valence-corrected chi connectivity index (χ3v) is 5.91. The molecule has 3 rings (SSSR count). The number of methoxy groups -OCH3 is 1. The fourth-order valence-corrected chi connectivity index (χ4v) is 4.70. The van der Waals surface area contributed by atoms with Crippen molar-refractivity contribution in [2.75, 3.05) is 7.11 Å². The molecule has 0 amide bonds. The van der Waals surface area contributed by atoms with Gasteiger partial charge in [-0.15, -0.1) is 0 Å². The van der Waals surface area contributed by atoms with Gasteiger partial charge in [0, 0.05) is 11.5 Å². The first-order chi connectivity index (χ1) is 10.9. The van der Waals surface area contributed by atoms with Gasteiger partial charge in [-0.3, -0.25) is 0 Å². The molecule has 1 atom stereocenters. The van der Waals surface area contributed by atoms with Crippen LogP contribution in [0.2, 0.25) is 0 Å². The molecule has 1 unspecified atom stereocenters. The van der Waals surface area contributed by atoms with Crippen molar-refractivity contribution in [3.8, 4) is 5.75 Å². The lowest BCUT2D eigenvalue weighted by Crippen LogP contribution is -2.16. The van der Waals surface area contributed by atoms with Crippen LogP contribution in [0.25, 0.3) is 10.9 Å². The Labute approximate surface area is 135 Å². The fourth-order valence-electron chi connectivity index (χ4n) is 2.33. The minimum atomic E-state index is -4.01. The molecule has 1 heterocycles. The van der Waals surface area contributed by atoms with Crippen LogP contribution in [-0.2, 0) is 21.1 Å². The summed E-state index contributed by atoms with van der Waals surface area (Å²) < 4.78 is 52.9. The van der Waals surface area contributed by atoms with E-state index in [1.807, 2.05) is 0 Å². The molecule has 8 heteroatoms. The highest BCUT2D eigenvalue weighted by atomic mass is 32.2. The number of rotatable bonds is 4. The Morgan fingerprint density at radius 2 is 1.78 bits per heavy atom. The van der Waals surface area contributed by atoms with E-state index in [1.165, 1.54) is 31.4 Å². The van der Waals surface area contributed by atoms with Crippen LogP contribution in [0.1, 0.15) is 0 Å². The maximum absolute atomic E-state index is 12.9. The topological polar surface area (TPSA) is 85.6 Å². The molecule has 120 valence electrons. The smallest absolute Gasteiger partial charge is 0.269 e. The lowest BCUT2D eigenvalue weighted by molar-refractivity contribution is 0.415. The van der Waals surface area contributed by atoms with Gasteiger partial charge >= 0.3 is 0 Å². The molecule has 0 aliphatic heterocycles. The minimum Gasteiger partial charge on any atom is -0.497 e. The fraction of sp³-hybridized carbons (Fsp3) is 0.0667. The second-order valence-electron chi connectivity index (χ2n) is 4.74. The van der Waals surface area contributed by atoms with Crippen molar-refractivity contribution in [1.29, 1.82) is 0 Å². The Morgan fingerprint density at radius 1 is 1.09 bits per heavy atom. The number of ether oxygens (including phenoxy) is 1. The third-order valence-electron chi connectivity index (χ3n) is 3.40. The largest absolute Gasteiger partial charge is 0.497 e. The van der Waals surface area contributed by atoms with Crippen LogP contribution in [0, 0.1) is 0 Å². The van der Waals surface area contributed by atoms with Crippen LogP contribution >= 0.6 is 0 Å². The lowest BCUT2D eigenvalue weighted by atomic mass is 10.2. The predicted molar refractivity (Wildman–Crippen MR) is 86.6 cm³/mol. The summed E-state index contributed by atoms with van der Waals surface area (Å²) in [6.07, 6.45) is 0. The van der Waals surface area contributed by atoms with Crippen molar-refractivity contribution in [2.45, 2.75) is 9.92 Å². The minimum absolute atomic E-state index is 0.0343. The second kappa shape index (κ2) is 5.80. The van der Waals surface area contributed by atoms with Gasteiger partial charge in [-0.2, -0.15) is 0 Å². The van der Waals surface area contributed by atoms with Gasteiger partial charge in [-0.05, 0) is 30.3 Å². The maximum Gasteiger partial charge on any atom is 0.269 e. The normalized spacial score (nSPS) is 13.1. The van der Waals surface area contributed by atoms with Crippen LogP contribution < -0.4 is 4.74 Å². The van der Waals surface area contributed by atoms with Crippen molar-refractivity contribution in [2.24, 2.45) is 0 Å². The molecule has 0 saturated heterocycles. The number of hydrogen-bond donors (Lipinski definition) is 1. The van der Waals surface area contributed by atoms with Gasteiger partial charge < -0.3 is 9.29 Å². The van der Waals surface area contributed by atoms with E-state index in [-0.39, 0.29) is 15.4 Å². The zero-order valence-electron chi connectivity index (χ0n) is 12.0. The van der Waals surface area contributed by atoms with E-state index >= 15 is 0 Å². The maximum atomic E-state index is 12.9. The van der Waals surface area contributed by atoms with E-state index in [9.17, 15) is 17.2 Å². The molecule has 0 spiro atoms. The molecular formula is C15H13NO5S2. The molecule has 0 aliphatic rings. The molecule has 3 aromatic rings. The Bertz CT molecular complexity index is 993. The monoisotopic (exact) mass is 351 g/mol. The molecular weight excluding hydrogens is 338 g/mol. The summed E-state index contributed by atoms with van der Waals surface area (Å²) in [5, 5.41) is 0.319. The van der Waals surface area contributed by atoms with E-state index in [2.05, 4.69) is 0 Å².